The molecule has 13 heteroatoms. The Morgan fingerprint density at radius 3 is 2.47 bits per heavy atom. The fourth-order valence-corrected chi connectivity index (χ4v) is 8.48. The third-order valence-corrected chi connectivity index (χ3v) is 11.6. The molecule has 3 aromatic heterocycles. The molecular weight excluding hydrogens is 737 g/mol. The standard InChI is InChI=1S/C45H46N6O7/c1-29-37(45(54)51(33-8-10-36(52)11-9-33)34-21-31-12-13-47(2)43(31)46-25-34)22-40(49(29)16-17-55-3)38-23-41-42(58-28-57-41)24-39(38)44(53)50-26-32-7-5-4-6-30(32)20-35(50)27-48-14-18-56-19-15-48/h4-13,21-25,35,52H,14-20,26-28H2,1-3H3/t35-/m0/s1. The molecule has 13 nitrogen and oxygen atoms in total. The van der Waals surface area contributed by atoms with Gasteiger partial charge in [0, 0.05) is 81.5 Å². The van der Waals surface area contributed by atoms with Gasteiger partial charge in [0.05, 0.1) is 48.5 Å². The first-order chi connectivity index (χ1) is 28.3. The Labute approximate surface area is 336 Å². The number of ether oxygens (including phenoxy) is 4. The second kappa shape index (κ2) is 15.7. The first kappa shape index (κ1) is 37.4. The fourth-order valence-electron chi connectivity index (χ4n) is 8.48. The SMILES string of the molecule is COCCn1c(-c2cc3c(cc2C(=O)N2Cc4ccccc4C[C@H]2CN2CCOCC2)OCO3)cc(C(=O)N(c2ccc(O)cc2)c2cnc3c(ccn3C)c2)c1C. The molecule has 3 aliphatic heterocycles. The molecule has 0 unspecified atom stereocenters. The molecule has 1 atom stereocenters. The van der Waals surface area contributed by atoms with Crippen LogP contribution in [0.5, 0.6) is 17.2 Å². The van der Waals surface area contributed by atoms with E-state index < -0.39 is 0 Å². The summed E-state index contributed by atoms with van der Waals surface area (Å²) >= 11 is 0. The largest absolute Gasteiger partial charge is 0.508 e. The first-order valence-electron chi connectivity index (χ1n) is 19.6. The van der Waals surface area contributed by atoms with Gasteiger partial charge < -0.3 is 38.1 Å². The van der Waals surface area contributed by atoms with E-state index in [1.54, 1.807) is 48.5 Å². The number of rotatable bonds is 10. The predicted molar refractivity (Wildman–Crippen MR) is 219 cm³/mol. The van der Waals surface area contributed by atoms with Crippen molar-refractivity contribution >= 4 is 34.2 Å². The number of phenolic OH excluding ortho intramolecular Hbond substituents is 1. The molecule has 0 spiro atoms. The Morgan fingerprint density at radius 2 is 1.69 bits per heavy atom. The van der Waals surface area contributed by atoms with Crippen LogP contribution in [0.3, 0.4) is 0 Å². The molecule has 2 amide bonds. The summed E-state index contributed by atoms with van der Waals surface area (Å²) in [5.41, 5.74) is 7.17. The first-order valence-corrected chi connectivity index (χ1v) is 19.6. The van der Waals surface area contributed by atoms with Crippen LogP contribution in [0.25, 0.3) is 22.3 Å². The van der Waals surface area contributed by atoms with Gasteiger partial charge in [0.25, 0.3) is 11.8 Å². The Hall–Kier alpha value is -6.15. The van der Waals surface area contributed by atoms with Crippen molar-refractivity contribution in [2.75, 3.05) is 58.3 Å². The van der Waals surface area contributed by atoms with Crippen LogP contribution in [0, 0.1) is 6.92 Å². The van der Waals surface area contributed by atoms with Crippen molar-refractivity contribution in [3.63, 3.8) is 0 Å². The summed E-state index contributed by atoms with van der Waals surface area (Å²) in [4.78, 5) is 41.1. The van der Waals surface area contributed by atoms with Crippen molar-refractivity contribution in [3.05, 3.63) is 119 Å². The van der Waals surface area contributed by atoms with E-state index in [-0.39, 0.29) is 30.4 Å². The molecule has 3 aromatic carbocycles. The number of benzene rings is 3. The van der Waals surface area contributed by atoms with Crippen molar-refractivity contribution < 1.29 is 33.6 Å². The number of hydrogen-bond acceptors (Lipinski definition) is 9. The number of hydrogen-bond donors (Lipinski definition) is 1. The lowest BCUT2D eigenvalue weighted by Gasteiger charge is -2.40. The zero-order chi connectivity index (χ0) is 39.9. The van der Waals surface area contributed by atoms with Gasteiger partial charge in [-0.3, -0.25) is 19.4 Å². The number of morpholine rings is 1. The summed E-state index contributed by atoms with van der Waals surface area (Å²) in [6.45, 7) is 6.89. The van der Waals surface area contributed by atoms with Crippen molar-refractivity contribution in [2.24, 2.45) is 7.05 Å². The van der Waals surface area contributed by atoms with Gasteiger partial charge in [0.2, 0.25) is 6.79 Å². The monoisotopic (exact) mass is 782 g/mol. The summed E-state index contributed by atoms with van der Waals surface area (Å²) < 4.78 is 27.0. The number of pyridine rings is 1. The molecule has 0 aliphatic carbocycles. The lowest BCUT2D eigenvalue weighted by molar-refractivity contribution is 0.0193. The van der Waals surface area contributed by atoms with Gasteiger partial charge >= 0.3 is 0 Å². The van der Waals surface area contributed by atoms with E-state index in [0.29, 0.717) is 83.9 Å². The molecule has 1 saturated heterocycles. The number of aryl methyl sites for hydroxylation is 1. The molecular formula is C45H46N6O7. The molecule has 6 heterocycles. The third-order valence-electron chi connectivity index (χ3n) is 11.6. The van der Waals surface area contributed by atoms with E-state index in [0.717, 1.165) is 42.7 Å². The van der Waals surface area contributed by atoms with E-state index in [9.17, 15) is 5.11 Å². The van der Waals surface area contributed by atoms with Gasteiger partial charge in [-0.05, 0) is 79.1 Å². The smallest absolute Gasteiger partial charge is 0.264 e. The highest BCUT2D eigenvalue weighted by molar-refractivity contribution is 6.13. The Balaban J connectivity index is 1.16. The molecule has 58 heavy (non-hydrogen) atoms. The summed E-state index contributed by atoms with van der Waals surface area (Å²) in [6.07, 6.45) is 4.35. The molecule has 0 bridgehead atoms. The number of aromatic nitrogens is 3. The van der Waals surface area contributed by atoms with Crippen molar-refractivity contribution in [1.29, 1.82) is 0 Å². The maximum absolute atomic E-state index is 15.3. The molecule has 3 aliphatic rings. The predicted octanol–water partition coefficient (Wildman–Crippen LogP) is 6.31. The number of anilines is 2. The number of carbonyl (C=O) groups excluding carboxylic acids is 2. The minimum absolute atomic E-state index is 0.0397. The van der Waals surface area contributed by atoms with Gasteiger partial charge in [-0.15, -0.1) is 0 Å². The maximum atomic E-state index is 15.3. The summed E-state index contributed by atoms with van der Waals surface area (Å²) in [7, 11) is 3.57. The van der Waals surface area contributed by atoms with Gasteiger partial charge in [-0.25, -0.2) is 4.98 Å². The number of methoxy groups -OCH3 is 1. The molecule has 1 N–H and O–H groups in total. The van der Waals surface area contributed by atoms with Crippen LogP contribution in [0.4, 0.5) is 11.4 Å². The van der Waals surface area contributed by atoms with Crippen LogP contribution in [-0.4, -0.2) is 100 Å². The summed E-state index contributed by atoms with van der Waals surface area (Å²) in [5.74, 6) is 0.683. The molecule has 298 valence electrons. The van der Waals surface area contributed by atoms with Crippen molar-refractivity contribution in [3.8, 4) is 28.5 Å². The molecule has 0 radical (unpaired) electrons. The van der Waals surface area contributed by atoms with Crippen LogP contribution in [-0.2, 0) is 36.0 Å². The van der Waals surface area contributed by atoms with Crippen LogP contribution in [0.2, 0.25) is 0 Å². The second-order valence-electron chi connectivity index (χ2n) is 15.1. The minimum Gasteiger partial charge on any atom is -0.508 e. The van der Waals surface area contributed by atoms with E-state index in [1.807, 2.05) is 64.5 Å². The number of fused-ring (bicyclic) bond motifs is 3. The molecule has 9 rings (SSSR count). The van der Waals surface area contributed by atoms with E-state index in [2.05, 4.69) is 23.1 Å². The molecule has 1 fully saturated rings. The van der Waals surface area contributed by atoms with E-state index >= 15 is 9.59 Å². The Kier molecular flexibility index (Phi) is 10.1. The molecule has 0 saturated carbocycles. The average molecular weight is 783 g/mol. The van der Waals surface area contributed by atoms with E-state index in [1.165, 1.54) is 5.56 Å². The number of aromatic hydroxyl groups is 1. The minimum atomic E-state index is -0.301. The number of amides is 2. The zero-order valence-electron chi connectivity index (χ0n) is 32.9. The Morgan fingerprint density at radius 1 is 0.931 bits per heavy atom. The van der Waals surface area contributed by atoms with Crippen molar-refractivity contribution in [1.82, 2.24) is 23.9 Å². The summed E-state index contributed by atoms with van der Waals surface area (Å²) in [5, 5.41) is 11.1. The van der Waals surface area contributed by atoms with Crippen LogP contribution in [0.1, 0.15) is 37.5 Å². The van der Waals surface area contributed by atoms with Crippen LogP contribution < -0.4 is 14.4 Å². The summed E-state index contributed by atoms with van der Waals surface area (Å²) in [6, 6.07) is 24.2. The fraction of sp³-hybridized carbons (Fsp3) is 0.311. The van der Waals surface area contributed by atoms with Crippen LogP contribution >= 0.6 is 0 Å². The number of nitrogens with zero attached hydrogens (tertiary/aromatic N) is 6. The highest BCUT2D eigenvalue weighted by Crippen LogP contribution is 2.42. The quantitative estimate of drug-likeness (QED) is 0.170. The lowest BCUT2D eigenvalue weighted by Crippen LogP contribution is -2.52. The van der Waals surface area contributed by atoms with Gasteiger partial charge in [0.1, 0.15) is 11.4 Å². The maximum Gasteiger partial charge on any atom is 0.264 e. The number of phenols is 1. The van der Waals surface area contributed by atoms with Crippen LogP contribution in [0.15, 0.2) is 91.3 Å². The highest BCUT2D eigenvalue weighted by Gasteiger charge is 2.36. The topological polar surface area (TPSA) is 124 Å². The Bertz CT molecular complexity index is 2500. The van der Waals surface area contributed by atoms with E-state index in [4.69, 9.17) is 23.9 Å². The lowest BCUT2D eigenvalue weighted by atomic mass is 9.92. The van der Waals surface area contributed by atoms with Crippen molar-refractivity contribution in [2.45, 2.75) is 32.5 Å². The molecule has 6 aromatic rings. The normalized spacial score (nSPS) is 16.5. The van der Waals surface area contributed by atoms with Gasteiger partial charge in [0.15, 0.2) is 11.5 Å². The van der Waals surface area contributed by atoms with Gasteiger partial charge in [-0.1, -0.05) is 24.3 Å². The third kappa shape index (κ3) is 6.95. The van der Waals surface area contributed by atoms with Gasteiger partial charge in [-0.2, -0.15) is 0 Å². The average Bonchev–Trinajstić information content (AvgIpc) is 3.96. The second-order valence-corrected chi connectivity index (χ2v) is 15.1. The highest BCUT2D eigenvalue weighted by atomic mass is 16.7. The number of carbonyl (C=O) groups is 2. The zero-order valence-corrected chi connectivity index (χ0v) is 32.9.